The average Bonchev–Trinajstić information content (AvgIpc) is 2.95. The molecule has 0 unspecified atom stereocenters. The first-order valence-electron chi connectivity index (χ1n) is 11.5. The van der Waals surface area contributed by atoms with Gasteiger partial charge in [-0.1, -0.05) is 44.9 Å². The van der Waals surface area contributed by atoms with Crippen LogP contribution in [0.5, 0.6) is 0 Å². The van der Waals surface area contributed by atoms with Gasteiger partial charge >= 0.3 is 11.9 Å². The molecule has 1 rings (SSSR count). The van der Waals surface area contributed by atoms with Crippen LogP contribution < -0.4 is 16.8 Å². The summed E-state index contributed by atoms with van der Waals surface area (Å²) in [5.41, 5.74) is 10.6. The van der Waals surface area contributed by atoms with Gasteiger partial charge in [0.25, 0.3) is 0 Å². The Morgan fingerprint density at radius 1 is 0.700 bits per heavy atom. The molecule has 0 aromatic carbocycles. The van der Waals surface area contributed by atoms with Gasteiger partial charge in [0.05, 0.1) is 0 Å². The summed E-state index contributed by atoms with van der Waals surface area (Å²) in [6.45, 7) is 2.54. The van der Waals surface area contributed by atoms with E-state index in [1.54, 1.807) is 0 Å². The summed E-state index contributed by atoms with van der Waals surface area (Å²) in [5.74, 6) is -1.26. The van der Waals surface area contributed by atoms with Gasteiger partial charge in [0, 0.05) is 25.8 Å². The summed E-state index contributed by atoms with van der Waals surface area (Å²) in [6.07, 6.45) is 14.8. The van der Waals surface area contributed by atoms with E-state index >= 15 is 0 Å². The number of nitrogens with one attached hydrogen (secondary N) is 1. The number of aliphatic carboxylic acids is 2. The first-order chi connectivity index (χ1) is 14.4. The van der Waals surface area contributed by atoms with Crippen LogP contribution in [0.25, 0.3) is 0 Å². The fraction of sp³-hybridized carbons (Fsp3) is 0.864. The number of hydrogen-bond acceptors (Lipinski definition) is 5. The van der Waals surface area contributed by atoms with Crippen molar-refractivity contribution in [1.82, 2.24) is 5.32 Å². The Labute approximate surface area is 182 Å². The van der Waals surface area contributed by atoms with E-state index in [9.17, 15) is 14.4 Å². The van der Waals surface area contributed by atoms with Crippen molar-refractivity contribution in [1.29, 1.82) is 0 Å². The molecule has 0 spiro atoms. The second-order valence-electron chi connectivity index (χ2n) is 7.56. The molecule has 0 aliphatic carbocycles. The van der Waals surface area contributed by atoms with Gasteiger partial charge in [-0.05, 0) is 51.6 Å². The number of unbranched alkanes of at least 4 members (excludes halogenated alkanes) is 8. The number of carbonyl (C=O) groups is 3. The molecule has 7 N–H and O–H groups in total. The van der Waals surface area contributed by atoms with Gasteiger partial charge in [0.2, 0.25) is 5.91 Å². The van der Waals surface area contributed by atoms with Gasteiger partial charge in [0.15, 0.2) is 0 Å². The lowest BCUT2D eigenvalue weighted by atomic mass is 10.1. The number of carboxylic acid groups (broad SMARTS) is 2. The number of nitrogens with two attached hydrogens (primary N) is 2. The van der Waals surface area contributed by atoms with Gasteiger partial charge in [-0.3, -0.25) is 14.4 Å². The van der Waals surface area contributed by atoms with Crippen LogP contribution in [0.15, 0.2) is 0 Å². The Morgan fingerprint density at radius 3 is 1.57 bits per heavy atom. The van der Waals surface area contributed by atoms with E-state index in [0.717, 1.165) is 90.3 Å². The molecule has 0 aromatic rings. The van der Waals surface area contributed by atoms with E-state index in [1.807, 2.05) is 0 Å². The molecule has 1 saturated heterocycles. The van der Waals surface area contributed by atoms with Crippen LogP contribution in [0.3, 0.4) is 0 Å². The SMILES string of the molecule is NCCCCCCN.O=C(O)CCCCCCCCC(=O)O.O=C1CCCCCN1. The zero-order valence-electron chi connectivity index (χ0n) is 18.7. The number of carboxylic acids is 2. The summed E-state index contributed by atoms with van der Waals surface area (Å²) in [5, 5.41) is 19.5. The molecular formula is C22H45N3O5. The maximum atomic E-state index is 10.6. The van der Waals surface area contributed by atoms with Crippen LogP contribution >= 0.6 is 0 Å². The summed E-state index contributed by atoms with van der Waals surface area (Å²) in [7, 11) is 0. The van der Waals surface area contributed by atoms with Crippen LogP contribution in [-0.2, 0) is 14.4 Å². The zero-order valence-corrected chi connectivity index (χ0v) is 18.7. The smallest absolute Gasteiger partial charge is 0.303 e. The standard InChI is InChI=1S/C10H18O4.C6H16N2.C6H11NO/c11-9(12)7-5-3-1-2-4-6-8-10(13)14;7-5-3-1-2-4-6-8;8-6-4-2-1-3-5-7-6/h1-8H2,(H,11,12)(H,13,14);1-8H2;1-5H2,(H,7,8). The molecule has 8 heteroatoms. The lowest BCUT2D eigenvalue weighted by Crippen LogP contribution is -2.21. The molecule has 0 radical (unpaired) electrons. The molecule has 1 aliphatic heterocycles. The Kier molecular flexibility index (Phi) is 25.8. The van der Waals surface area contributed by atoms with Crippen molar-refractivity contribution >= 4 is 17.8 Å². The van der Waals surface area contributed by atoms with E-state index in [-0.39, 0.29) is 18.7 Å². The molecule has 1 fully saturated rings. The van der Waals surface area contributed by atoms with Gasteiger partial charge < -0.3 is 27.0 Å². The Morgan fingerprint density at radius 2 is 1.13 bits per heavy atom. The minimum absolute atomic E-state index is 0.225. The van der Waals surface area contributed by atoms with Crippen molar-refractivity contribution in [2.75, 3.05) is 19.6 Å². The van der Waals surface area contributed by atoms with Crippen molar-refractivity contribution in [3.8, 4) is 0 Å². The van der Waals surface area contributed by atoms with Crippen LogP contribution in [-0.4, -0.2) is 47.7 Å². The highest BCUT2D eigenvalue weighted by Crippen LogP contribution is 2.08. The summed E-state index contributed by atoms with van der Waals surface area (Å²) >= 11 is 0. The highest BCUT2D eigenvalue weighted by atomic mass is 16.4. The highest BCUT2D eigenvalue weighted by molar-refractivity contribution is 5.75. The molecule has 0 atom stereocenters. The first kappa shape index (κ1) is 30.5. The molecular weight excluding hydrogens is 386 g/mol. The number of rotatable bonds is 14. The molecule has 30 heavy (non-hydrogen) atoms. The third-order valence-electron chi connectivity index (χ3n) is 4.59. The summed E-state index contributed by atoms with van der Waals surface area (Å²) in [4.78, 5) is 30.9. The molecule has 178 valence electrons. The monoisotopic (exact) mass is 431 g/mol. The number of carbonyl (C=O) groups excluding carboxylic acids is 1. The minimum Gasteiger partial charge on any atom is -0.481 e. The largest absolute Gasteiger partial charge is 0.481 e. The molecule has 0 bridgehead atoms. The Hall–Kier alpha value is -1.67. The quantitative estimate of drug-likeness (QED) is 0.264. The third kappa shape index (κ3) is 31.0. The number of hydrogen-bond donors (Lipinski definition) is 5. The highest BCUT2D eigenvalue weighted by Gasteiger charge is 2.03. The third-order valence-corrected chi connectivity index (χ3v) is 4.59. The van der Waals surface area contributed by atoms with Gasteiger partial charge in [-0.15, -0.1) is 0 Å². The van der Waals surface area contributed by atoms with E-state index in [0.29, 0.717) is 0 Å². The van der Waals surface area contributed by atoms with E-state index in [2.05, 4.69) is 5.32 Å². The van der Waals surface area contributed by atoms with Crippen LogP contribution in [0.1, 0.15) is 103 Å². The van der Waals surface area contributed by atoms with Crippen molar-refractivity contribution < 1.29 is 24.6 Å². The number of amides is 1. The molecule has 1 amide bonds. The lowest BCUT2D eigenvalue weighted by molar-refractivity contribution is -0.138. The predicted molar refractivity (Wildman–Crippen MR) is 120 cm³/mol. The average molecular weight is 432 g/mol. The normalized spacial score (nSPS) is 13.1. The van der Waals surface area contributed by atoms with E-state index < -0.39 is 11.9 Å². The first-order valence-corrected chi connectivity index (χ1v) is 11.5. The van der Waals surface area contributed by atoms with E-state index in [4.69, 9.17) is 21.7 Å². The predicted octanol–water partition coefficient (Wildman–Crippen LogP) is 3.42. The van der Waals surface area contributed by atoms with Crippen LogP contribution in [0, 0.1) is 0 Å². The van der Waals surface area contributed by atoms with Crippen molar-refractivity contribution in [2.24, 2.45) is 11.5 Å². The maximum absolute atomic E-state index is 10.6. The Bertz CT molecular complexity index is 384. The molecule has 0 aromatic heterocycles. The molecule has 1 aliphatic rings. The topological polar surface area (TPSA) is 156 Å². The molecule has 8 nitrogen and oxygen atoms in total. The van der Waals surface area contributed by atoms with Crippen molar-refractivity contribution in [3.05, 3.63) is 0 Å². The summed E-state index contributed by atoms with van der Waals surface area (Å²) in [6, 6.07) is 0. The second-order valence-corrected chi connectivity index (χ2v) is 7.56. The Balaban J connectivity index is 0. The summed E-state index contributed by atoms with van der Waals surface area (Å²) < 4.78 is 0. The van der Waals surface area contributed by atoms with Crippen molar-refractivity contribution in [3.63, 3.8) is 0 Å². The van der Waals surface area contributed by atoms with Crippen molar-refractivity contribution in [2.45, 2.75) is 103 Å². The van der Waals surface area contributed by atoms with Gasteiger partial charge in [-0.25, -0.2) is 0 Å². The molecule has 0 saturated carbocycles. The van der Waals surface area contributed by atoms with Crippen LogP contribution in [0.4, 0.5) is 0 Å². The zero-order chi connectivity index (χ0) is 22.9. The molecule has 1 heterocycles. The fourth-order valence-corrected chi connectivity index (χ4v) is 2.81. The van der Waals surface area contributed by atoms with Crippen LogP contribution in [0.2, 0.25) is 0 Å². The van der Waals surface area contributed by atoms with Gasteiger partial charge in [-0.2, -0.15) is 0 Å². The minimum atomic E-state index is -0.740. The fourth-order valence-electron chi connectivity index (χ4n) is 2.81. The van der Waals surface area contributed by atoms with Gasteiger partial charge in [0.1, 0.15) is 0 Å². The lowest BCUT2D eigenvalue weighted by Gasteiger charge is -1.98. The second kappa shape index (κ2) is 25.4. The maximum Gasteiger partial charge on any atom is 0.303 e. The van der Waals surface area contributed by atoms with E-state index in [1.165, 1.54) is 19.3 Å².